The first-order valence-electron chi connectivity index (χ1n) is 17.8. The molecule has 264 valence electrons. The van der Waals surface area contributed by atoms with Crippen molar-refractivity contribution in [3.8, 4) is 11.5 Å². The molecule has 0 aliphatic heterocycles. The summed E-state index contributed by atoms with van der Waals surface area (Å²) in [5.41, 5.74) is 3.19. The van der Waals surface area contributed by atoms with Gasteiger partial charge in [-0.2, -0.15) is 0 Å². The minimum absolute atomic E-state index is 0.778. The molecular formula is C44H44N2O2P2Se2. The van der Waals surface area contributed by atoms with Crippen molar-refractivity contribution in [1.82, 2.24) is 0 Å². The number of benzene rings is 6. The molecule has 0 aliphatic carbocycles. The second-order valence-electron chi connectivity index (χ2n) is 12.8. The third kappa shape index (κ3) is 12.5. The number of rotatable bonds is 18. The normalized spacial score (nSPS) is 11.8. The van der Waals surface area contributed by atoms with Crippen molar-refractivity contribution in [2.45, 2.75) is 25.7 Å². The van der Waals surface area contributed by atoms with Gasteiger partial charge in [0.05, 0.1) is 0 Å². The summed E-state index contributed by atoms with van der Waals surface area (Å²) >= 11 is 7.05. The van der Waals surface area contributed by atoms with Crippen LogP contribution in [0.15, 0.2) is 180 Å². The quantitative estimate of drug-likeness (QED) is 0.0491. The van der Waals surface area contributed by atoms with Gasteiger partial charge in [-0.3, -0.25) is 0 Å². The molecule has 6 aromatic carbocycles. The van der Waals surface area contributed by atoms with E-state index in [1.54, 1.807) is 0 Å². The molecule has 0 saturated heterocycles. The van der Waals surface area contributed by atoms with E-state index in [1.165, 1.54) is 22.3 Å². The number of azo groups is 1. The Bertz CT molecular complexity index is 1830. The number of nitrogens with zero attached hydrogens (tertiary/aromatic N) is 2. The number of hydrogen-bond donors (Lipinski definition) is 0. The summed E-state index contributed by atoms with van der Waals surface area (Å²) in [5, 5.41) is 9.05. The Balaban J connectivity index is 1.07. The van der Waals surface area contributed by atoms with E-state index in [9.17, 15) is 0 Å². The van der Waals surface area contributed by atoms with Crippen LogP contribution in [0.2, 0.25) is 0 Å². The molecular weight excluding hydrogens is 808 g/mol. The van der Waals surface area contributed by atoms with Crippen LogP contribution in [0.1, 0.15) is 22.3 Å². The molecule has 4 nitrogen and oxygen atoms in total. The van der Waals surface area contributed by atoms with E-state index in [-0.39, 0.29) is 0 Å². The van der Waals surface area contributed by atoms with E-state index in [0.717, 1.165) is 73.2 Å². The fourth-order valence-electron chi connectivity index (χ4n) is 5.83. The van der Waals surface area contributed by atoms with Crippen LogP contribution in [-0.4, -0.2) is 54.8 Å². The zero-order valence-electron chi connectivity index (χ0n) is 29.2. The maximum absolute atomic E-state index is 6.77. The van der Waals surface area contributed by atoms with E-state index in [2.05, 4.69) is 162 Å². The van der Waals surface area contributed by atoms with Gasteiger partial charge < -0.3 is 0 Å². The summed E-state index contributed by atoms with van der Waals surface area (Å²) in [5.74, 6) is 1.72. The zero-order chi connectivity index (χ0) is 35.9. The van der Waals surface area contributed by atoms with Gasteiger partial charge in [0.2, 0.25) is 0 Å². The van der Waals surface area contributed by atoms with Crippen LogP contribution in [0, 0.1) is 0 Å². The van der Waals surface area contributed by atoms with Crippen LogP contribution in [0.5, 0.6) is 11.5 Å². The second-order valence-corrected chi connectivity index (χ2v) is 26.6. The molecule has 0 atom stereocenters. The molecule has 0 unspecified atom stereocenters. The standard InChI is InChI=1S/C44H44N2O2P2Se2/c51-49(33-29-37-13-5-1-6-14-37,34-30-38-15-7-2-8-16-38)47-43-25-21-41(22-26-43)45-46-42-23-27-44(28-24-42)48-50(52,35-31-39-17-9-3-10-18-39)36-32-40-19-11-4-12-20-40/h1-28H,29-36H2. The third-order valence-electron chi connectivity index (χ3n) is 8.83. The first-order valence-corrected chi connectivity index (χ1v) is 26.3. The van der Waals surface area contributed by atoms with Gasteiger partial charge in [-0.25, -0.2) is 0 Å². The molecule has 52 heavy (non-hydrogen) atoms. The van der Waals surface area contributed by atoms with Crippen molar-refractivity contribution in [2.24, 2.45) is 10.2 Å². The second kappa shape index (κ2) is 19.5. The maximum atomic E-state index is 6.77. The molecule has 0 saturated carbocycles. The van der Waals surface area contributed by atoms with E-state index >= 15 is 0 Å². The first-order chi connectivity index (χ1) is 25.4. The third-order valence-corrected chi connectivity index (χ3v) is 19.1. The summed E-state index contributed by atoms with van der Waals surface area (Å²) < 4.78 is 13.5. The van der Waals surface area contributed by atoms with Gasteiger partial charge in [-0.15, -0.1) is 0 Å². The first kappa shape index (κ1) is 38.2. The average molecular weight is 853 g/mol. The van der Waals surface area contributed by atoms with Crippen LogP contribution < -0.4 is 9.05 Å². The Morgan fingerprint density at radius 3 is 0.846 bits per heavy atom. The van der Waals surface area contributed by atoms with Gasteiger partial charge in [0.15, 0.2) is 0 Å². The molecule has 0 N–H and O–H groups in total. The molecule has 0 heterocycles. The topological polar surface area (TPSA) is 43.2 Å². The summed E-state index contributed by atoms with van der Waals surface area (Å²) in [4.78, 5) is 0. The van der Waals surface area contributed by atoms with Crippen molar-refractivity contribution in [3.05, 3.63) is 192 Å². The average Bonchev–Trinajstić information content (AvgIpc) is 3.20. The predicted octanol–water partition coefficient (Wildman–Crippen LogP) is 11.9. The van der Waals surface area contributed by atoms with Crippen molar-refractivity contribution in [3.63, 3.8) is 0 Å². The molecule has 0 aliphatic rings. The Labute approximate surface area is 324 Å². The van der Waals surface area contributed by atoms with Crippen molar-refractivity contribution < 1.29 is 9.05 Å². The van der Waals surface area contributed by atoms with Gasteiger partial charge in [0.1, 0.15) is 0 Å². The van der Waals surface area contributed by atoms with Crippen molar-refractivity contribution in [2.75, 3.05) is 24.6 Å². The number of aryl methyl sites for hydroxylation is 4. The molecule has 0 bridgehead atoms. The molecule has 0 amide bonds. The fourth-order valence-corrected chi connectivity index (χ4v) is 13.4. The number of hydrogen-bond acceptors (Lipinski definition) is 4. The summed E-state index contributed by atoms with van der Waals surface area (Å²) in [6.45, 7) is 0. The molecule has 0 fully saturated rings. The Kier molecular flexibility index (Phi) is 14.3. The SMILES string of the molecule is [Se]=P(CCc1ccccc1)(CCc1ccccc1)Oc1ccc(N=Nc2ccc(OP(=[Se])(CCc3ccccc3)CCc3ccccc3)cc2)cc1. The Morgan fingerprint density at radius 1 is 0.346 bits per heavy atom. The van der Waals surface area contributed by atoms with Crippen LogP contribution in [0.3, 0.4) is 0 Å². The van der Waals surface area contributed by atoms with Gasteiger partial charge in [-0.1, -0.05) is 0 Å². The predicted molar refractivity (Wildman–Crippen MR) is 224 cm³/mol. The van der Waals surface area contributed by atoms with Crippen LogP contribution in [0.4, 0.5) is 11.4 Å². The summed E-state index contributed by atoms with van der Waals surface area (Å²) in [6.07, 6.45) is 7.82. The Morgan fingerprint density at radius 2 is 0.596 bits per heavy atom. The monoisotopic (exact) mass is 854 g/mol. The fraction of sp³-hybridized carbons (Fsp3) is 0.182. The Hall–Kier alpha value is -3.58. The zero-order valence-corrected chi connectivity index (χ0v) is 34.5. The van der Waals surface area contributed by atoms with Crippen molar-refractivity contribution >= 4 is 53.0 Å². The van der Waals surface area contributed by atoms with E-state index in [4.69, 9.17) is 9.05 Å². The minimum atomic E-state index is -1.85. The summed E-state index contributed by atoms with van der Waals surface area (Å²) in [7, 11) is 0. The molecule has 8 heteroatoms. The molecule has 6 rings (SSSR count). The van der Waals surface area contributed by atoms with Gasteiger partial charge in [-0.05, 0) is 0 Å². The molecule has 0 spiro atoms. The van der Waals surface area contributed by atoms with Crippen molar-refractivity contribution in [1.29, 1.82) is 0 Å². The van der Waals surface area contributed by atoms with E-state index in [0.29, 0.717) is 0 Å². The summed E-state index contributed by atoms with van der Waals surface area (Å²) in [6, 6.07) is 58.6. The van der Waals surface area contributed by atoms with Crippen LogP contribution >= 0.6 is 11.5 Å². The van der Waals surface area contributed by atoms with Gasteiger partial charge >= 0.3 is 326 Å². The van der Waals surface area contributed by atoms with Crippen LogP contribution in [0.25, 0.3) is 0 Å². The van der Waals surface area contributed by atoms with Crippen LogP contribution in [-0.2, 0) is 25.7 Å². The molecule has 0 radical (unpaired) electrons. The van der Waals surface area contributed by atoms with E-state index in [1.807, 2.05) is 48.5 Å². The van der Waals surface area contributed by atoms with Gasteiger partial charge in [0.25, 0.3) is 0 Å². The molecule has 6 aromatic rings. The van der Waals surface area contributed by atoms with Gasteiger partial charge in [0, 0.05) is 0 Å². The molecule has 0 aromatic heterocycles. The van der Waals surface area contributed by atoms with E-state index < -0.39 is 11.5 Å².